The predicted molar refractivity (Wildman–Crippen MR) is 114 cm³/mol. The molecule has 6 nitrogen and oxygen atoms in total. The van der Waals surface area contributed by atoms with Gasteiger partial charge in [-0.3, -0.25) is 0 Å². The van der Waals surface area contributed by atoms with E-state index in [2.05, 4.69) is 50.4 Å². The molecule has 0 atom stereocenters. The van der Waals surface area contributed by atoms with Gasteiger partial charge in [0.25, 0.3) is 0 Å². The second kappa shape index (κ2) is 7.01. The largest absolute Gasteiger partial charge is 0.494 e. The number of pyridine rings is 1. The number of rotatable bonds is 5. The Balaban J connectivity index is 1.57. The lowest BCUT2D eigenvalue weighted by atomic mass is 10.1. The molecule has 4 aromatic rings. The van der Waals surface area contributed by atoms with E-state index in [1.807, 2.05) is 31.2 Å². The molecule has 0 aliphatic carbocycles. The zero-order valence-corrected chi connectivity index (χ0v) is 16.0. The highest BCUT2D eigenvalue weighted by Gasteiger charge is 2.13. The lowest BCUT2D eigenvalue weighted by Gasteiger charge is -2.11. The molecule has 0 bridgehead atoms. The van der Waals surface area contributed by atoms with Crippen molar-refractivity contribution < 1.29 is 4.74 Å². The Bertz CT molecular complexity index is 1230. The number of thiophene rings is 1. The summed E-state index contributed by atoms with van der Waals surface area (Å²) < 4.78 is 6.74. The summed E-state index contributed by atoms with van der Waals surface area (Å²) in [5.41, 5.74) is 3.77. The van der Waals surface area contributed by atoms with Gasteiger partial charge in [0, 0.05) is 26.7 Å². The fourth-order valence-electron chi connectivity index (χ4n) is 3.28. The quantitative estimate of drug-likeness (QED) is 0.473. The lowest BCUT2D eigenvalue weighted by molar-refractivity contribution is 0.340. The minimum Gasteiger partial charge on any atom is -0.494 e. The molecule has 1 aliphatic heterocycles. The van der Waals surface area contributed by atoms with Crippen molar-refractivity contribution >= 4 is 49.5 Å². The van der Waals surface area contributed by atoms with Crippen molar-refractivity contribution in [2.45, 2.75) is 6.92 Å². The first-order chi connectivity index (χ1) is 13.8. The van der Waals surface area contributed by atoms with Crippen molar-refractivity contribution in [2.24, 2.45) is 15.4 Å². The molecule has 2 aromatic heterocycles. The molecule has 3 heterocycles. The minimum absolute atomic E-state index is 0.518. The molecule has 7 heteroatoms. The Morgan fingerprint density at radius 3 is 2.75 bits per heavy atom. The van der Waals surface area contributed by atoms with Crippen molar-refractivity contribution in [3.05, 3.63) is 59.5 Å². The van der Waals surface area contributed by atoms with Crippen molar-refractivity contribution in [3.63, 3.8) is 0 Å². The monoisotopic (exact) mass is 387 g/mol. The summed E-state index contributed by atoms with van der Waals surface area (Å²) in [6, 6.07) is 16.3. The highest BCUT2D eigenvalue weighted by Crippen LogP contribution is 2.35. The Labute approximate surface area is 165 Å². The molecule has 0 fully saturated rings. The van der Waals surface area contributed by atoms with E-state index in [1.165, 1.54) is 4.70 Å². The maximum Gasteiger partial charge on any atom is 0.139 e. The summed E-state index contributed by atoms with van der Waals surface area (Å²) >= 11 is 1.72. The van der Waals surface area contributed by atoms with Crippen molar-refractivity contribution in [3.8, 4) is 5.75 Å². The summed E-state index contributed by atoms with van der Waals surface area (Å²) in [6.45, 7) is 3.15. The smallest absolute Gasteiger partial charge is 0.139 e. The number of hydrogen-bond acceptors (Lipinski definition) is 7. The highest BCUT2D eigenvalue weighted by molar-refractivity contribution is 7.18. The molecule has 138 valence electrons. The van der Waals surface area contributed by atoms with E-state index in [4.69, 9.17) is 9.72 Å². The number of nitrogens with zero attached hydrogens (tertiary/aromatic N) is 4. The maximum absolute atomic E-state index is 5.52. The fraction of sp³-hybridized carbons (Fsp3) is 0.143. The Kier molecular flexibility index (Phi) is 4.21. The number of aromatic nitrogens is 1. The van der Waals surface area contributed by atoms with Gasteiger partial charge in [0.1, 0.15) is 18.1 Å². The van der Waals surface area contributed by atoms with Crippen LogP contribution in [0.2, 0.25) is 0 Å². The molecule has 1 N–H and O–H groups in total. The number of ether oxygens (including phenoxy) is 1. The van der Waals surface area contributed by atoms with Crippen LogP contribution in [-0.4, -0.2) is 23.8 Å². The number of hydrogen-bond donors (Lipinski definition) is 1. The van der Waals surface area contributed by atoms with Gasteiger partial charge in [0.05, 0.1) is 17.8 Å². The molecule has 0 unspecified atom stereocenters. The average molecular weight is 387 g/mol. The van der Waals surface area contributed by atoms with Gasteiger partial charge in [-0.25, -0.2) is 4.98 Å². The second-order valence-electron chi connectivity index (χ2n) is 6.37. The van der Waals surface area contributed by atoms with Crippen molar-refractivity contribution in [1.29, 1.82) is 0 Å². The van der Waals surface area contributed by atoms with E-state index in [9.17, 15) is 0 Å². The summed E-state index contributed by atoms with van der Waals surface area (Å²) in [6.07, 6.45) is 0. The van der Waals surface area contributed by atoms with E-state index in [1.54, 1.807) is 11.3 Å². The number of benzene rings is 2. The van der Waals surface area contributed by atoms with Gasteiger partial charge in [-0.15, -0.1) is 16.4 Å². The molecular weight excluding hydrogens is 370 g/mol. The Morgan fingerprint density at radius 1 is 1.07 bits per heavy atom. The molecular formula is C21H17N5OS. The van der Waals surface area contributed by atoms with Crippen molar-refractivity contribution in [1.82, 2.24) is 4.98 Å². The third kappa shape index (κ3) is 2.99. The summed E-state index contributed by atoms with van der Waals surface area (Å²) in [7, 11) is 0. The van der Waals surface area contributed by atoms with E-state index in [-0.39, 0.29) is 0 Å². The first-order valence-corrected chi connectivity index (χ1v) is 9.94. The summed E-state index contributed by atoms with van der Waals surface area (Å²) in [4.78, 5) is 4.91. The molecule has 0 radical (unpaired) electrons. The van der Waals surface area contributed by atoms with Crippen LogP contribution in [0, 0.1) is 0 Å². The zero-order valence-electron chi connectivity index (χ0n) is 15.2. The Morgan fingerprint density at radius 2 is 1.96 bits per heavy atom. The van der Waals surface area contributed by atoms with Crippen molar-refractivity contribution in [2.75, 3.05) is 18.5 Å². The van der Waals surface area contributed by atoms with Gasteiger partial charge in [0.2, 0.25) is 0 Å². The van der Waals surface area contributed by atoms with Crippen LogP contribution in [-0.2, 0) is 0 Å². The molecule has 0 saturated heterocycles. The summed E-state index contributed by atoms with van der Waals surface area (Å²) in [5, 5.41) is 19.6. The fourth-order valence-corrected chi connectivity index (χ4v) is 4.21. The molecule has 28 heavy (non-hydrogen) atoms. The van der Waals surface area contributed by atoms with Gasteiger partial charge in [-0.1, -0.05) is 12.1 Å². The van der Waals surface area contributed by atoms with Crippen LogP contribution < -0.4 is 10.1 Å². The molecule has 0 saturated carbocycles. The van der Waals surface area contributed by atoms with Crippen LogP contribution in [0.1, 0.15) is 12.5 Å². The van der Waals surface area contributed by atoms with Crippen LogP contribution in [0.5, 0.6) is 5.75 Å². The van der Waals surface area contributed by atoms with E-state index in [0.29, 0.717) is 13.2 Å². The maximum atomic E-state index is 5.52. The van der Waals surface area contributed by atoms with Crippen LogP contribution >= 0.6 is 11.3 Å². The minimum atomic E-state index is 0.518. The molecule has 1 aliphatic rings. The molecule has 2 aromatic carbocycles. The predicted octanol–water partition coefficient (Wildman–Crippen LogP) is 5.76. The van der Waals surface area contributed by atoms with Gasteiger partial charge < -0.3 is 10.1 Å². The second-order valence-corrected chi connectivity index (χ2v) is 7.29. The van der Waals surface area contributed by atoms with Gasteiger partial charge in [-0.2, -0.15) is 5.11 Å². The average Bonchev–Trinajstić information content (AvgIpc) is 3.42. The molecule has 5 rings (SSSR count). The van der Waals surface area contributed by atoms with E-state index in [0.717, 1.165) is 44.8 Å². The topological polar surface area (TPSA) is 71.2 Å². The number of nitrogens with one attached hydrogen (secondary N) is 1. The molecule has 0 spiro atoms. The third-order valence-corrected chi connectivity index (χ3v) is 5.55. The van der Waals surface area contributed by atoms with Gasteiger partial charge in [0.15, 0.2) is 0 Å². The van der Waals surface area contributed by atoms with Gasteiger partial charge >= 0.3 is 0 Å². The zero-order chi connectivity index (χ0) is 18.9. The normalized spacial score (nSPS) is 13.2. The highest BCUT2D eigenvalue weighted by atomic mass is 32.1. The Hall–Kier alpha value is -3.32. The van der Waals surface area contributed by atoms with Crippen LogP contribution in [0.3, 0.4) is 0 Å². The first kappa shape index (κ1) is 16.8. The number of anilines is 2. The van der Waals surface area contributed by atoms with E-state index >= 15 is 0 Å². The first-order valence-electron chi connectivity index (χ1n) is 9.06. The third-order valence-electron chi connectivity index (χ3n) is 4.61. The number of fused-ring (bicyclic) bond motifs is 3. The summed E-state index contributed by atoms with van der Waals surface area (Å²) in [5.74, 6) is 1.70. The SMILES string of the molecule is CCOc1ccc(Nc2nc3cc(C4=NN=NC4)ccc3c3sccc23)cc1. The van der Waals surface area contributed by atoms with Crippen LogP contribution in [0.15, 0.2) is 69.3 Å². The van der Waals surface area contributed by atoms with Crippen LogP contribution in [0.25, 0.3) is 21.0 Å². The lowest BCUT2D eigenvalue weighted by Crippen LogP contribution is -2.02. The standard InChI is InChI=1S/C21H17N5OS/c1-2-27-15-6-4-14(5-7-15)23-21-17-9-10-28-20(17)16-8-3-13(11-18(16)24-21)19-12-22-26-25-19/h3-11H,2,12H2,1H3,(H,23,24). The van der Waals surface area contributed by atoms with E-state index < -0.39 is 0 Å². The molecule has 0 amide bonds. The van der Waals surface area contributed by atoms with Crippen LogP contribution in [0.4, 0.5) is 11.5 Å². The van der Waals surface area contributed by atoms with Gasteiger partial charge in [-0.05, 0) is 53.9 Å².